The number of anilines is 1. The van der Waals surface area contributed by atoms with Crippen LogP contribution >= 0.6 is 0 Å². The molecular formula is C14H19FN2O3. The number of aliphatic carboxylic acids is 1. The maximum Gasteiger partial charge on any atom is 0.303 e. The van der Waals surface area contributed by atoms with E-state index in [0.717, 1.165) is 0 Å². The van der Waals surface area contributed by atoms with Gasteiger partial charge in [-0.2, -0.15) is 0 Å². The molecule has 5 nitrogen and oxygen atoms in total. The fourth-order valence-corrected chi connectivity index (χ4v) is 1.78. The Balaban J connectivity index is 2.40. The molecule has 4 N–H and O–H groups in total. The van der Waals surface area contributed by atoms with Gasteiger partial charge < -0.3 is 16.2 Å². The first-order valence-corrected chi connectivity index (χ1v) is 6.45. The van der Waals surface area contributed by atoms with Crippen molar-refractivity contribution in [3.05, 3.63) is 29.6 Å². The molecule has 0 saturated heterocycles. The summed E-state index contributed by atoms with van der Waals surface area (Å²) >= 11 is 0. The number of benzene rings is 1. The zero-order chi connectivity index (χ0) is 15.1. The second-order valence-electron chi connectivity index (χ2n) is 4.78. The molecule has 110 valence electrons. The molecule has 0 aliphatic carbocycles. The molecule has 0 aromatic heterocycles. The Morgan fingerprint density at radius 1 is 1.40 bits per heavy atom. The Kier molecular flexibility index (Phi) is 5.96. The summed E-state index contributed by atoms with van der Waals surface area (Å²) in [5.74, 6) is -1.68. The molecular weight excluding hydrogens is 263 g/mol. The zero-order valence-corrected chi connectivity index (χ0v) is 11.4. The lowest BCUT2D eigenvalue weighted by Crippen LogP contribution is -2.26. The van der Waals surface area contributed by atoms with E-state index in [2.05, 4.69) is 5.32 Å². The second kappa shape index (κ2) is 7.47. The number of amides is 1. The van der Waals surface area contributed by atoms with Crippen molar-refractivity contribution in [2.75, 3.05) is 12.3 Å². The minimum absolute atomic E-state index is 0.114. The predicted octanol–water partition coefficient (Wildman–Crippen LogP) is 2.03. The van der Waals surface area contributed by atoms with Crippen molar-refractivity contribution in [3.8, 4) is 0 Å². The van der Waals surface area contributed by atoms with Gasteiger partial charge in [-0.15, -0.1) is 0 Å². The van der Waals surface area contributed by atoms with Crippen molar-refractivity contribution in [1.29, 1.82) is 0 Å². The molecule has 20 heavy (non-hydrogen) atoms. The molecule has 6 heteroatoms. The van der Waals surface area contributed by atoms with Gasteiger partial charge in [0.2, 0.25) is 0 Å². The van der Waals surface area contributed by atoms with Gasteiger partial charge in [0.15, 0.2) is 0 Å². The summed E-state index contributed by atoms with van der Waals surface area (Å²) < 4.78 is 13.2. The lowest BCUT2D eigenvalue weighted by atomic mass is 10.0. The molecule has 1 aromatic carbocycles. The predicted molar refractivity (Wildman–Crippen MR) is 73.8 cm³/mol. The van der Waals surface area contributed by atoms with E-state index in [1.165, 1.54) is 18.2 Å². The van der Waals surface area contributed by atoms with Crippen molar-refractivity contribution >= 4 is 17.6 Å². The smallest absolute Gasteiger partial charge is 0.303 e. The van der Waals surface area contributed by atoms with Crippen molar-refractivity contribution < 1.29 is 19.1 Å². The lowest BCUT2D eigenvalue weighted by molar-refractivity contribution is -0.137. The van der Waals surface area contributed by atoms with Gasteiger partial charge in [0, 0.05) is 13.0 Å². The van der Waals surface area contributed by atoms with Crippen molar-refractivity contribution in [3.63, 3.8) is 0 Å². The number of hydrogen-bond acceptors (Lipinski definition) is 3. The fraction of sp³-hybridized carbons (Fsp3) is 0.429. The Bertz CT molecular complexity index is 491. The summed E-state index contributed by atoms with van der Waals surface area (Å²) in [5.41, 5.74) is 5.45. The van der Waals surface area contributed by atoms with E-state index in [-0.39, 0.29) is 23.6 Å². The number of para-hydroxylation sites is 1. The molecule has 0 spiro atoms. The van der Waals surface area contributed by atoms with Crippen LogP contribution in [0.15, 0.2) is 18.2 Å². The number of carboxylic acid groups (broad SMARTS) is 1. The Hall–Kier alpha value is -2.11. The van der Waals surface area contributed by atoms with Crippen LogP contribution in [0.4, 0.5) is 10.1 Å². The van der Waals surface area contributed by atoms with E-state index in [1.54, 1.807) is 0 Å². The molecule has 1 aromatic rings. The van der Waals surface area contributed by atoms with Gasteiger partial charge >= 0.3 is 5.97 Å². The summed E-state index contributed by atoms with van der Waals surface area (Å²) in [7, 11) is 0. The third kappa shape index (κ3) is 4.87. The zero-order valence-electron chi connectivity index (χ0n) is 11.4. The van der Waals surface area contributed by atoms with Crippen LogP contribution in [0.1, 0.15) is 36.5 Å². The van der Waals surface area contributed by atoms with Crippen molar-refractivity contribution in [1.82, 2.24) is 5.32 Å². The number of nitrogens with two attached hydrogens (primary N) is 1. The van der Waals surface area contributed by atoms with Crippen LogP contribution in [0, 0.1) is 11.7 Å². The number of carboxylic acids is 1. The van der Waals surface area contributed by atoms with E-state index >= 15 is 0 Å². The summed E-state index contributed by atoms with van der Waals surface area (Å²) in [4.78, 5) is 22.2. The van der Waals surface area contributed by atoms with Crippen LogP contribution in [-0.2, 0) is 4.79 Å². The summed E-state index contributed by atoms with van der Waals surface area (Å²) in [5, 5.41) is 11.2. The number of halogens is 1. The second-order valence-corrected chi connectivity index (χ2v) is 4.78. The fourth-order valence-electron chi connectivity index (χ4n) is 1.78. The molecule has 0 saturated carbocycles. The Morgan fingerprint density at radius 3 is 2.75 bits per heavy atom. The number of carbonyl (C=O) groups is 2. The van der Waals surface area contributed by atoms with Crippen molar-refractivity contribution in [2.24, 2.45) is 5.92 Å². The normalized spacial score (nSPS) is 11.9. The first-order valence-electron chi connectivity index (χ1n) is 6.45. The number of nitrogen functional groups attached to an aromatic ring is 1. The third-order valence-corrected chi connectivity index (χ3v) is 3.07. The molecule has 1 rings (SSSR count). The molecule has 0 aliphatic heterocycles. The molecule has 0 heterocycles. The van der Waals surface area contributed by atoms with Crippen LogP contribution in [0.2, 0.25) is 0 Å². The summed E-state index contributed by atoms with van der Waals surface area (Å²) in [6.07, 6.45) is 1.34. The van der Waals surface area contributed by atoms with Gasteiger partial charge in [-0.3, -0.25) is 9.59 Å². The van der Waals surface area contributed by atoms with Gasteiger partial charge in [-0.05, 0) is 30.9 Å². The molecule has 0 aliphatic rings. The Labute approximate surface area is 117 Å². The molecule has 0 bridgehead atoms. The summed E-state index contributed by atoms with van der Waals surface area (Å²) in [6.45, 7) is 2.32. The average molecular weight is 282 g/mol. The molecule has 0 radical (unpaired) electrons. The SMILES string of the molecule is CC(CCNC(=O)c1cccc(F)c1N)CCC(=O)O. The molecule has 1 unspecified atom stereocenters. The van der Waals surface area contributed by atoms with E-state index in [0.29, 0.717) is 19.4 Å². The maximum absolute atomic E-state index is 13.2. The quantitative estimate of drug-likeness (QED) is 0.667. The van der Waals surface area contributed by atoms with Gasteiger partial charge in [0.05, 0.1) is 11.3 Å². The number of carbonyl (C=O) groups excluding carboxylic acids is 1. The highest BCUT2D eigenvalue weighted by Gasteiger charge is 2.12. The van der Waals surface area contributed by atoms with E-state index < -0.39 is 17.7 Å². The largest absolute Gasteiger partial charge is 0.481 e. The first kappa shape index (κ1) is 15.9. The number of nitrogens with one attached hydrogen (secondary N) is 1. The topological polar surface area (TPSA) is 92.4 Å². The van der Waals surface area contributed by atoms with Gasteiger partial charge in [0.25, 0.3) is 5.91 Å². The van der Waals surface area contributed by atoms with Crippen LogP contribution in [0.3, 0.4) is 0 Å². The Morgan fingerprint density at radius 2 is 2.10 bits per heavy atom. The van der Waals surface area contributed by atoms with Crippen LogP contribution in [0.25, 0.3) is 0 Å². The minimum atomic E-state index is -0.826. The van der Waals surface area contributed by atoms with E-state index in [4.69, 9.17) is 10.8 Å². The molecule has 0 fully saturated rings. The monoisotopic (exact) mass is 282 g/mol. The third-order valence-electron chi connectivity index (χ3n) is 3.07. The van der Waals surface area contributed by atoms with Crippen LogP contribution in [0.5, 0.6) is 0 Å². The van der Waals surface area contributed by atoms with Gasteiger partial charge in [-0.1, -0.05) is 13.0 Å². The maximum atomic E-state index is 13.2. The highest BCUT2D eigenvalue weighted by molar-refractivity contribution is 5.99. The van der Waals surface area contributed by atoms with E-state index in [9.17, 15) is 14.0 Å². The average Bonchev–Trinajstić information content (AvgIpc) is 2.39. The summed E-state index contributed by atoms with van der Waals surface area (Å²) in [6, 6.07) is 4.08. The first-order chi connectivity index (χ1) is 9.41. The number of hydrogen-bond donors (Lipinski definition) is 3. The van der Waals surface area contributed by atoms with Gasteiger partial charge in [-0.25, -0.2) is 4.39 Å². The minimum Gasteiger partial charge on any atom is -0.481 e. The number of rotatable bonds is 7. The van der Waals surface area contributed by atoms with E-state index in [1.807, 2.05) is 6.92 Å². The highest BCUT2D eigenvalue weighted by Crippen LogP contribution is 2.15. The van der Waals surface area contributed by atoms with Crippen LogP contribution < -0.4 is 11.1 Å². The molecule has 1 amide bonds. The van der Waals surface area contributed by atoms with Crippen molar-refractivity contribution in [2.45, 2.75) is 26.2 Å². The lowest BCUT2D eigenvalue weighted by Gasteiger charge is -2.11. The molecule has 1 atom stereocenters. The highest BCUT2D eigenvalue weighted by atomic mass is 19.1. The standard InChI is InChI=1S/C14H19FN2O3/c1-9(5-6-12(18)19)7-8-17-14(20)10-3-2-4-11(15)13(10)16/h2-4,9H,5-8,16H2,1H3,(H,17,20)(H,18,19). The van der Waals surface area contributed by atoms with Crippen LogP contribution in [-0.4, -0.2) is 23.5 Å². The van der Waals surface area contributed by atoms with Gasteiger partial charge in [0.1, 0.15) is 5.82 Å².